The number of carbonyl (C=O) groups excluding carboxylic acids is 1. The van der Waals surface area contributed by atoms with Crippen molar-refractivity contribution < 1.29 is 42.0 Å². The molecule has 0 aliphatic carbocycles. The van der Waals surface area contributed by atoms with Gasteiger partial charge in [-0.15, -0.1) is 0 Å². The van der Waals surface area contributed by atoms with E-state index in [-0.39, 0.29) is 38.7 Å². The second-order valence-electron chi connectivity index (χ2n) is 0.726. The van der Waals surface area contributed by atoms with Crippen LogP contribution in [0, 0.1) is 6.42 Å². The minimum atomic E-state index is -0.319. The molecule has 0 saturated carbocycles. The summed E-state index contributed by atoms with van der Waals surface area (Å²) in [5.74, 6) is -0.319. The Morgan fingerprint density at radius 2 is 2.29 bits per heavy atom. The van der Waals surface area contributed by atoms with Gasteiger partial charge < -0.3 is 4.52 Å². The largest absolute Gasteiger partial charge is 0.475 e. The van der Waals surface area contributed by atoms with Crippen LogP contribution in [0.4, 0.5) is 0 Å². The van der Waals surface area contributed by atoms with E-state index >= 15 is 0 Å². The van der Waals surface area contributed by atoms with Crippen molar-refractivity contribution in [1.29, 1.82) is 0 Å². The molecule has 0 aromatic rings. The van der Waals surface area contributed by atoms with E-state index in [4.69, 9.17) is 0 Å². The molecule has 0 saturated heterocycles. The van der Waals surface area contributed by atoms with Gasteiger partial charge in [-0.25, -0.2) is 0 Å². The van der Waals surface area contributed by atoms with Crippen molar-refractivity contribution >= 4 is 15.4 Å². The van der Waals surface area contributed by atoms with Crippen LogP contribution in [0.1, 0.15) is 6.92 Å². The number of rotatable bonds is 1. The van der Waals surface area contributed by atoms with Crippen molar-refractivity contribution in [2.45, 2.75) is 6.92 Å². The number of hydrogen-bond donors (Lipinski definition) is 0. The first-order valence-electron chi connectivity index (χ1n) is 1.51. The van der Waals surface area contributed by atoms with Crippen LogP contribution >= 0.6 is 9.47 Å². The topological polar surface area (TPSA) is 26.3 Å². The maximum Gasteiger partial charge on any atom is 0.170 e. The molecule has 0 aliphatic heterocycles. The van der Waals surface area contributed by atoms with Gasteiger partial charge in [-0.05, 0) is 0 Å². The van der Waals surface area contributed by atoms with Gasteiger partial charge in [0.1, 0.15) is 0 Å². The molecule has 0 amide bonds. The van der Waals surface area contributed by atoms with Crippen molar-refractivity contribution in [1.82, 2.24) is 0 Å². The molecule has 1 unspecified atom stereocenters. The first kappa shape index (κ1) is 10.8. The molecule has 0 N–H and O–H groups in total. The normalized spacial score (nSPS) is 6.00. The van der Waals surface area contributed by atoms with Gasteiger partial charge in [0.05, 0.1) is 9.47 Å². The van der Waals surface area contributed by atoms with Crippen LogP contribution in [0.25, 0.3) is 0 Å². The van der Waals surface area contributed by atoms with E-state index in [2.05, 4.69) is 4.52 Å². The average Bonchev–Trinajstić information content (AvgIpc) is 1.65. The van der Waals surface area contributed by atoms with Gasteiger partial charge in [0.2, 0.25) is 0 Å². The second-order valence-corrected chi connectivity index (χ2v) is 0.961. The summed E-state index contributed by atoms with van der Waals surface area (Å²) in [5, 5.41) is 0. The fourth-order valence-corrected chi connectivity index (χ4v) is 0.204. The van der Waals surface area contributed by atoms with Gasteiger partial charge in [0, 0.05) is 32.7 Å². The number of hydrogen-bond acceptors (Lipinski definition) is 2. The molecule has 2 nitrogen and oxygen atoms in total. The first-order valence-corrected chi connectivity index (χ1v) is 1.98. The second kappa shape index (κ2) is 6.87. The Kier molecular flexibility index (Phi) is 10.6. The summed E-state index contributed by atoms with van der Waals surface area (Å²) in [6.45, 7) is 1.62. The molecule has 39 valence electrons. The Morgan fingerprint density at radius 3 is 2.29 bits per heavy atom. The fourth-order valence-electron chi connectivity index (χ4n) is 0.0680. The van der Waals surface area contributed by atoms with Gasteiger partial charge in [-0.1, -0.05) is 0 Å². The maximum absolute atomic E-state index is 9.88. The molecule has 1 radical (unpaired) electrons. The van der Waals surface area contributed by atoms with Crippen LogP contribution in [0.15, 0.2) is 0 Å². The summed E-state index contributed by atoms with van der Waals surface area (Å²) in [6.07, 6.45) is 1.34. The minimum absolute atomic E-state index is 0. The standard InChI is InChI=1S/C3H6O2P.Y/c1-2-3(4)5-6;/h2H,6H2,1H3;/q-1;. The molecule has 7 heavy (non-hydrogen) atoms. The van der Waals surface area contributed by atoms with Crippen LogP contribution in [0.2, 0.25) is 0 Å². The summed E-state index contributed by atoms with van der Waals surface area (Å²) in [6, 6.07) is 0. The van der Waals surface area contributed by atoms with Crippen LogP contribution in [0.3, 0.4) is 0 Å². The summed E-state index contributed by atoms with van der Waals surface area (Å²) >= 11 is 0. The van der Waals surface area contributed by atoms with Crippen LogP contribution < -0.4 is 0 Å². The minimum Gasteiger partial charge on any atom is -0.475 e. The molecule has 0 heterocycles. The third kappa shape index (κ3) is 6.87. The Bertz CT molecular complexity index is 50.9. The third-order valence-electron chi connectivity index (χ3n) is 0.352. The summed E-state index contributed by atoms with van der Waals surface area (Å²) in [5.41, 5.74) is 0. The predicted molar refractivity (Wildman–Crippen MR) is 25.8 cm³/mol. The Labute approximate surface area is 70.5 Å². The first-order chi connectivity index (χ1) is 2.81. The van der Waals surface area contributed by atoms with Gasteiger partial charge in [0.15, 0.2) is 5.97 Å². The van der Waals surface area contributed by atoms with E-state index in [1.165, 1.54) is 6.42 Å². The zero-order valence-electron chi connectivity index (χ0n) is 4.05. The van der Waals surface area contributed by atoms with E-state index in [0.29, 0.717) is 0 Å². The Hall–Kier alpha value is 0.874. The maximum atomic E-state index is 9.88. The Morgan fingerprint density at radius 1 is 1.86 bits per heavy atom. The molecule has 0 rings (SSSR count). The van der Waals surface area contributed by atoms with Crippen LogP contribution in [-0.2, 0) is 42.0 Å². The van der Waals surface area contributed by atoms with Crippen molar-refractivity contribution in [2.75, 3.05) is 0 Å². The molecule has 4 heteroatoms. The van der Waals surface area contributed by atoms with Crippen molar-refractivity contribution in [3.05, 3.63) is 6.42 Å². The fraction of sp³-hybridized carbons (Fsp3) is 0.333. The van der Waals surface area contributed by atoms with Gasteiger partial charge in [-0.2, -0.15) is 6.92 Å². The summed E-state index contributed by atoms with van der Waals surface area (Å²) in [4.78, 5) is 9.88. The van der Waals surface area contributed by atoms with Crippen LogP contribution in [-0.4, -0.2) is 5.97 Å². The van der Waals surface area contributed by atoms with Crippen molar-refractivity contribution in [2.24, 2.45) is 0 Å². The predicted octanol–water partition coefficient (Wildman–Crippen LogP) is 0.541. The van der Waals surface area contributed by atoms with Gasteiger partial charge in [0.25, 0.3) is 0 Å². The quantitative estimate of drug-likeness (QED) is 0.449. The molecular formula is C3H6O2PY-. The van der Waals surface area contributed by atoms with Gasteiger partial charge >= 0.3 is 0 Å². The smallest absolute Gasteiger partial charge is 0.170 e. The van der Waals surface area contributed by atoms with E-state index in [1.807, 2.05) is 9.47 Å². The summed E-state index contributed by atoms with van der Waals surface area (Å²) < 4.78 is 4.12. The molecule has 0 aliphatic rings. The molecule has 0 aromatic carbocycles. The SMILES string of the molecule is C[CH-]C(=O)OP.[Y]. The van der Waals surface area contributed by atoms with Crippen LogP contribution in [0.5, 0.6) is 0 Å². The van der Waals surface area contributed by atoms with Crippen molar-refractivity contribution in [3.8, 4) is 0 Å². The third-order valence-corrected chi connectivity index (χ3v) is 0.584. The van der Waals surface area contributed by atoms with E-state index in [9.17, 15) is 4.79 Å². The monoisotopic (exact) mass is 194 g/mol. The molecule has 0 fully saturated rings. The van der Waals surface area contributed by atoms with E-state index in [0.717, 1.165) is 0 Å². The zero-order chi connectivity index (χ0) is 4.99. The molecule has 0 bridgehead atoms. The van der Waals surface area contributed by atoms with E-state index < -0.39 is 0 Å². The zero-order valence-corrected chi connectivity index (χ0v) is 8.04. The van der Waals surface area contributed by atoms with Crippen molar-refractivity contribution in [3.63, 3.8) is 0 Å². The van der Waals surface area contributed by atoms with E-state index in [1.54, 1.807) is 6.92 Å². The molecule has 1 atom stereocenters. The number of carbonyl (C=O) groups is 1. The molecule has 0 aromatic heterocycles. The van der Waals surface area contributed by atoms with Gasteiger partial charge in [-0.3, -0.25) is 11.2 Å². The molecule has 0 spiro atoms. The molecular weight excluding hydrogens is 188 g/mol. The Balaban J connectivity index is 0. The average molecular weight is 194 g/mol. The summed E-state index contributed by atoms with van der Waals surface area (Å²) in [7, 11) is 1.86.